The molecule has 0 unspecified atom stereocenters. The second kappa shape index (κ2) is 8.11. The molecule has 2 aromatic carbocycles. The Morgan fingerprint density at radius 3 is 2.33 bits per heavy atom. The molecule has 1 heterocycles. The van der Waals surface area contributed by atoms with Crippen LogP contribution >= 0.6 is 0 Å². The highest BCUT2D eigenvalue weighted by Crippen LogP contribution is 2.17. The van der Waals surface area contributed by atoms with Crippen molar-refractivity contribution >= 4 is 17.3 Å². The van der Waals surface area contributed by atoms with Gasteiger partial charge in [-0.25, -0.2) is 9.97 Å². The number of rotatable bonds is 7. The van der Waals surface area contributed by atoms with E-state index >= 15 is 0 Å². The Bertz CT molecular complexity index is 754. The molecule has 0 aliphatic heterocycles. The number of hydrogen-bond donors (Lipinski definition) is 2. The van der Waals surface area contributed by atoms with Crippen LogP contribution < -0.4 is 10.6 Å². The monoisotopic (exact) mass is 318 g/mol. The van der Waals surface area contributed by atoms with Gasteiger partial charge in [-0.15, -0.1) is 0 Å². The van der Waals surface area contributed by atoms with Crippen LogP contribution in [0, 0.1) is 0 Å². The van der Waals surface area contributed by atoms with Crippen molar-refractivity contribution in [3.63, 3.8) is 0 Å². The number of nitrogens with zero attached hydrogens (tertiary/aromatic N) is 2. The van der Waals surface area contributed by atoms with E-state index in [4.69, 9.17) is 0 Å². The topological polar surface area (TPSA) is 49.8 Å². The lowest BCUT2D eigenvalue weighted by Crippen LogP contribution is -2.07. The lowest BCUT2D eigenvalue weighted by Gasteiger charge is -2.09. The molecule has 1 aromatic heterocycles. The Balaban J connectivity index is 1.57. The van der Waals surface area contributed by atoms with E-state index in [0.29, 0.717) is 0 Å². The first-order valence-electron chi connectivity index (χ1n) is 8.29. The number of hydrogen-bond acceptors (Lipinski definition) is 4. The van der Waals surface area contributed by atoms with Crippen LogP contribution in [0.5, 0.6) is 0 Å². The first-order valence-corrected chi connectivity index (χ1v) is 8.29. The highest BCUT2D eigenvalue weighted by Gasteiger charge is 2.00. The Labute approximate surface area is 143 Å². The smallest absolute Gasteiger partial charge is 0.135 e. The van der Waals surface area contributed by atoms with Gasteiger partial charge in [0.25, 0.3) is 0 Å². The predicted molar refractivity (Wildman–Crippen MR) is 99.8 cm³/mol. The SMILES string of the molecule is CCc1ccc(Nc2cc(NCCc3ccccc3)ncn2)cc1. The van der Waals surface area contributed by atoms with Crippen LogP contribution in [-0.2, 0) is 12.8 Å². The maximum atomic E-state index is 4.28. The highest BCUT2D eigenvalue weighted by atomic mass is 15.1. The van der Waals surface area contributed by atoms with Crippen LogP contribution in [0.2, 0.25) is 0 Å². The fourth-order valence-electron chi connectivity index (χ4n) is 2.47. The zero-order chi connectivity index (χ0) is 16.6. The van der Waals surface area contributed by atoms with Gasteiger partial charge in [-0.1, -0.05) is 49.4 Å². The minimum atomic E-state index is 0.788. The van der Waals surface area contributed by atoms with Gasteiger partial charge in [0.05, 0.1) is 0 Å². The van der Waals surface area contributed by atoms with Crippen LogP contribution in [0.4, 0.5) is 17.3 Å². The first-order chi connectivity index (χ1) is 11.8. The third-order valence-electron chi connectivity index (χ3n) is 3.86. The lowest BCUT2D eigenvalue weighted by molar-refractivity contribution is 1.000. The van der Waals surface area contributed by atoms with Gasteiger partial charge in [-0.05, 0) is 36.1 Å². The van der Waals surface area contributed by atoms with E-state index in [0.717, 1.165) is 36.7 Å². The molecule has 0 spiro atoms. The molecule has 4 heteroatoms. The van der Waals surface area contributed by atoms with Gasteiger partial charge < -0.3 is 10.6 Å². The van der Waals surface area contributed by atoms with E-state index in [-0.39, 0.29) is 0 Å². The fourth-order valence-corrected chi connectivity index (χ4v) is 2.47. The summed E-state index contributed by atoms with van der Waals surface area (Å²) in [5.41, 5.74) is 3.67. The molecule has 0 amide bonds. The first kappa shape index (κ1) is 16.0. The van der Waals surface area contributed by atoms with E-state index in [1.807, 2.05) is 12.1 Å². The summed E-state index contributed by atoms with van der Waals surface area (Å²) in [5.74, 6) is 1.62. The highest BCUT2D eigenvalue weighted by molar-refractivity contribution is 5.59. The Hall–Kier alpha value is -2.88. The standard InChI is InChI=1S/C20H22N4/c1-2-16-8-10-18(11-9-16)24-20-14-19(22-15-23-20)21-13-12-17-6-4-3-5-7-17/h3-11,14-15H,2,12-13H2,1H3,(H2,21,22,23,24). The summed E-state index contributed by atoms with van der Waals surface area (Å²) in [6, 6.07) is 20.8. The molecule has 24 heavy (non-hydrogen) atoms. The molecule has 0 saturated carbocycles. The second-order valence-corrected chi connectivity index (χ2v) is 5.63. The molecule has 4 nitrogen and oxygen atoms in total. The van der Waals surface area contributed by atoms with Crippen molar-refractivity contribution < 1.29 is 0 Å². The normalized spacial score (nSPS) is 10.4. The summed E-state index contributed by atoms with van der Waals surface area (Å²) in [4.78, 5) is 8.56. The van der Waals surface area contributed by atoms with Gasteiger partial charge in [-0.3, -0.25) is 0 Å². The summed E-state index contributed by atoms with van der Waals surface area (Å²) in [6.07, 6.45) is 3.59. The van der Waals surface area contributed by atoms with Crippen molar-refractivity contribution in [1.29, 1.82) is 0 Å². The van der Waals surface area contributed by atoms with Gasteiger partial charge >= 0.3 is 0 Å². The predicted octanol–water partition coefficient (Wildman–Crippen LogP) is 4.44. The number of nitrogens with one attached hydrogen (secondary N) is 2. The largest absolute Gasteiger partial charge is 0.370 e. The molecular weight excluding hydrogens is 296 g/mol. The number of benzene rings is 2. The molecule has 122 valence electrons. The van der Waals surface area contributed by atoms with Gasteiger partial charge in [0, 0.05) is 18.3 Å². The molecule has 0 fully saturated rings. The molecule has 3 rings (SSSR count). The summed E-state index contributed by atoms with van der Waals surface area (Å²) in [7, 11) is 0. The summed E-state index contributed by atoms with van der Waals surface area (Å²) < 4.78 is 0. The van der Waals surface area contributed by atoms with Gasteiger partial charge in [0.1, 0.15) is 18.0 Å². The van der Waals surface area contributed by atoms with E-state index < -0.39 is 0 Å². The minimum absolute atomic E-state index is 0.788. The molecular formula is C20H22N4. The lowest BCUT2D eigenvalue weighted by atomic mass is 10.1. The van der Waals surface area contributed by atoms with Crippen LogP contribution in [0.3, 0.4) is 0 Å². The van der Waals surface area contributed by atoms with Crippen molar-refractivity contribution in [2.75, 3.05) is 17.2 Å². The Kier molecular flexibility index (Phi) is 5.40. The van der Waals surface area contributed by atoms with Crippen molar-refractivity contribution in [1.82, 2.24) is 9.97 Å². The maximum absolute atomic E-state index is 4.28. The van der Waals surface area contributed by atoms with E-state index in [9.17, 15) is 0 Å². The third-order valence-corrected chi connectivity index (χ3v) is 3.86. The van der Waals surface area contributed by atoms with Crippen LogP contribution in [0.1, 0.15) is 18.1 Å². The van der Waals surface area contributed by atoms with Crippen molar-refractivity contribution in [3.05, 3.63) is 78.1 Å². The maximum Gasteiger partial charge on any atom is 0.135 e. The van der Waals surface area contributed by atoms with Crippen LogP contribution in [0.25, 0.3) is 0 Å². The third kappa shape index (κ3) is 4.56. The molecule has 0 aliphatic rings. The average molecular weight is 318 g/mol. The summed E-state index contributed by atoms with van der Waals surface area (Å²) in [6.45, 7) is 2.99. The van der Waals surface area contributed by atoms with E-state index in [2.05, 4.69) is 76.1 Å². The summed E-state index contributed by atoms with van der Waals surface area (Å²) in [5, 5.41) is 6.66. The quantitative estimate of drug-likeness (QED) is 0.676. The number of aryl methyl sites for hydroxylation is 1. The van der Waals surface area contributed by atoms with E-state index in [1.54, 1.807) is 6.33 Å². The number of anilines is 3. The van der Waals surface area contributed by atoms with E-state index in [1.165, 1.54) is 11.1 Å². The molecule has 0 saturated heterocycles. The average Bonchev–Trinajstić information content (AvgIpc) is 2.64. The fraction of sp³-hybridized carbons (Fsp3) is 0.200. The molecule has 2 N–H and O–H groups in total. The minimum Gasteiger partial charge on any atom is -0.370 e. The zero-order valence-corrected chi connectivity index (χ0v) is 13.9. The van der Waals surface area contributed by atoms with Crippen LogP contribution in [0.15, 0.2) is 67.0 Å². The van der Waals surface area contributed by atoms with Crippen LogP contribution in [-0.4, -0.2) is 16.5 Å². The number of aromatic nitrogens is 2. The molecule has 0 bridgehead atoms. The molecule has 0 atom stereocenters. The Morgan fingerprint density at radius 1 is 0.833 bits per heavy atom. The van der Waals surface area contributed by atoms with Gasteiger partial charge in [0.2, 0.25) is 0 Å². The van der Waals surface area contributed by atoms with Gasteiger partial charge in [0.15, 0.2) is 0 Å². The van der Waals surface area contributed by atoms with Crippen molar-refractivity contribution in [2.45, 2.75) is 19.8 Å². The molecule has 0 aliphatic carbocycles. The van der Waals surface area contributed by atoms with Gasteiger partial charge in [-0.2, -0.15) is 0 Å². The second-order valence-electron chi connectivity index (χ2n) is 5.63. The zero-order valence-electron chi connectivity index (χ0n) is 13.9. The van der Waals surface area contributed by atoms with Crippen molar-refractivity contribution in [3.8, 4) is 0 Å². The Morgan fingerprint density at radius 2 is 1.58 bits per heavy atom. The summed E-state index contributed by atoms with van der Waals surface area (Å²) >= 11 is 0. The van der Waals surface area contributed by atoms with Crippen molar-refractivity contribution in [2.24, 2.45) is 0 Å². The molecule has 3 aromatic rings. The molecule has 0 radical (unpaired) electrons.